The zero-order valence-corrected chi connectivity index (χ0v) is 15.2. The van der Waals surface area contributed by atoms with E-state index in [4.69, 9.17) is 0 Å². The predicted octanol–water partition coefficient (Wildman–Crippen LogP) is 7.86. The van der Waals surface area contributed by atoms with Crippen LogP contribution in [0.4, 0.5) is 0 Å². The molecule has 1 atom stereocenters. The van der Waals surface area contributed by atoms with E-state index < -0.39 is 0 Å². The highest BCUT2D eigenvalue weighted by atomic mass is 14.0. The van der Waals surface area contributed by atoms with E-state index in [-0.39, 0.29) is 0 Å². The van der Waals surface area contributed by atoms with Gasteiger partial charge in [0.25, 0.3) is 0 Å². The third-order valence-corrected chi connectivity index (χ3v) is 2.58. The maximum absolute atomic E-state index is 2.37. The normalized spacial score (nSPS) is 9.83. The number of hydrogen-bond acceptors (Lipinski definition) is 0. The fourth-order valence-electron chi connectivity index (χ4n) is 1.38. The molecule has 0 fully saturated rings. The van der Waals surface area contributed by atoms with Gasteiger partial charge in [0.1, 0.15) is 0 Å². The number of unbranched alkanes of at least 4 members (excludes halogenated alkanes) is 3. The molecule has 1 unspecified atom stereocenters. The average molecular weight is 261 g/mol. The standard InChI is InChI=1S/C10H22.C4H10.2C2H6/c1-4-6-7-9-10(3)8-5-2;1-3-4-2;2*1-2/h10H,4-9H2,1-3H3;3-4H2,1-2H3;2*1-2H3. The van der Waals surface area contributed by atoms with Crippen molar-refractivity contribution in [1.82, 2.24) is 0 Å². The van der Waals surface area contributed by atoms with Crippen LogP contribution in [0.5, 0.6) is 0 Å². The molecular weight excluding hydrogens is 216 g/mol. The Balaban J connectivity index is -0.000000102. The van der Waals surface area contributed by atoms with Crippen molar-refractivity contribution in [2.24, 2.45) is 5.92 Å². The minimum absolute atomic E-state index is 0.969. The first-order valence-electron chi connectivity index (χ1n) is 8.72. The molecule has 0 N–H and O–H groups in total. The minimum Gasteiger partial charge on any atom is -0.0683 e. The van der Waals surface area contributed by atoms with Crippen LogP contribution in [0.2, 0.25) is 0 Å². The van der Waals surface area contributed by atoms with Crippen molar-refractivity contribution in [3.63, 3.8) is 0 Å². The highest BCUT2D eigenvalue weighted by Gasteiger charge is 1.98. The summed E-state index contributed by atoms with van der Waals surface area (Å²) in [5.41, 5.74) is 0. The van der Waals surface area contributed by atoms with Crippen LogP contribution >= 0.6 is 0 Å². The molecule has 116 valence electrons. The van der Waals surface area contributed by atoms with Crippen LogP contribution in [0.3, 0.4) is 0 Å². The van der Waals surface area contributed by atoms with E-state index in [1.165, 1.54) is 51.4 Å². The lowest BCUT2D eigenvalue weighted by molar-refractivity contribution is 0.459. The Kier molecular flexibility index (Phi) is 53.0. The van der Waals surface area contributed by atoms with Gasteiger partial charge in [-0.3, -0.25) is 0 Å². The summed E-state index contributed by atoms with van der Waals surface area (Å²) in [5, 5.41) is 0. The van der Waals surface area contributed by atoms with Gasteiger partial charge in [0, 0.05) is 0 Å². The molecule has 0 saturated carbocycles. The smallest absolute Gasteiger partial charge is 0.0443 e. The monoisotopic (exact) mass is 260 g/mol. The topological polar surface area (TPSA) is 0 Å². The summed E-state index contributed by atoms with van der Waals surface area (Å²) >= 11 is 0. The van der Waals surface area contributed by atoms with Gasteiger partial charge in [-0.15, -0.1) is 0 Å². The Hall–Kier alpha value is 0. The van der Waals surface area contributed by atoms with E-state index in [0.29, 0.717) is 0 Å². The maximum atomic E-state index is 2.37. The molecule has 0 rings (SSSR count). The molecule has 0 aromatic rings. The molecule has 0 heteroatoms. The first kappa shape index (κ1) is 26.5. The van der Waals surface area contributed by atoms with Gasteiger partial charge in [-0.25, -0.2) is 0 Å². The van der Waals surface area contributed by atoms with Gasteiger partial charge in [-0.2, -0.15) is 0 Å². The van der Waals surface area contributed by atoms with Gasteiger partial charge in [0.15, 0.2) is 0 Å². The molecule has 0 saturated heterocycles. The molecule has 0 aliphatic rings. The second-order valence-electron chi connectivity index (χ2n) is 4.39. The van der Waals surface area contributed by atoms with Crippen molar-refractivity contribution in [2.75, 3.05) is 0 Å². The lowest BCUT2D eigenvalue weighted by Gasteiger charge is -2.07. The van der Waals surface area contributed by atoms with Crippen LogP contribution in [-0.4, -0.2) is 0 Å². The molecule has 0 radical (unpaired) electrons. The molecule has 0 spiro atoms. The van der Waals surface area contributed by atoms with Crippen molar-refractivity contribution < 1.29 is 0 Å². The average Bonchev–Trinajstić information content (AvgIpc) is 2.44. The molecule has 0 heterocycles. The Labute approximate surface area is 120 Å². The van der Waals surface area contributed by atoms with Crippen LogP contribution in [0, 0.1) is 5.92 Å². The molecule has 0 bridgehead atoms. The van der Waals surface area contributed by atoms with Crippen molar-refractivity contribution in [1.29, 1.82) is 0 Å². The van der Waals surface area contributed by atoms with Crippen molar-refractivity contribution in [2.45, 2.75) is 114 Å². The molecule has 0 aromatic carbocycles. The molecule has 0 amide bonds. The molecule has 18 heavy (non-hydrogen) atoms. The summed E-state index contributed by atoms with van der Waals surface area (Å²) in [4.78, 5) is 0. The molecule has 0 nitrogen and oxygen atoms in total. The van der Waals surface area contributed by atoms with E-state index in [0.717, 1.165) is 5.92 Å². The second kappa shape index (κ2) is 36.0. The lowest BCUT2D eigenvalue weighted by atomic mass is 9.99. The highest BCUT2D eigenvalue weighted by Crippen LogP contribution is 2.13. The van der Waals surface area contributed by atoms with Gasteiger partial charge < -0.3 is 0 Å². The van der Waals surface area contributed by atoms with Crippen LogP contribution < -0.4 is 0 Å². The van der Waals surface area contributed by atoms with Crippen molar-refractivity contribution in [3.05, 3.63) is 0 Å². The Morgan fingerprint density at radius 3 is 1.28 bits per heavy atom. The summed E-state index contributed by atoms with van der Waals surface area (Å²) in [6.45, 7) is 19.3. The fraction of sp³-hybridized carbons (Fsp3) is 1.00. The lowest BCUT2D eigenvalue weighted by Crippen LogP contribution is -1.92. The summed E-state index contributed by atoms with van der Waals surface area (Å²) in [6, 6.07) is 0. The summed E-state index contributed by atoms with van der Waals surface area (Å²) < 4.78 is 0. The largest absolute Gasteiger partial charge is 0.0683 e. The molecule has 0 aromatic heterocycles. The van der Waals surface area contributed by atoms with Crippen LogP contribution in [0.1, 0.15) is 114 Å². The Bertz CT molecular complexity index is 74.1. The zero-order chi connectivity index (χ0) is 15.2. The van der Waals surface area contributed by atoms with E-state index >= 15 is 0 Å². The van der Waals surface area contributed by atoms with Gasteiger partial charge in [0.2, 0.25) is 0 Å². The third kappa shape index (κ3) is 44.4. The molecule has 0 aliphatic carbocycles. The van der Waals surface area contributed by atoms with Gasteiger partial charge in [0.05, 0.1) is 0 Å². The predicted molar refractivity (Wildman–Crippen MR) is 91.5 cm³/mol. The maximum Gasteiger partial charge on any atom is -0.0443 e. The van der Waals surface area contributed by atoms with E-state index in [1.54, 1.807) is 0 Å². The summed E-state index contributed by atoms with van der Waals surface area (Å²) in [6.07, 6.45) is 11.1. The van der Waals surface area contributed by atoms with Gasteiger partial charge in [-0.05, 0) is 5.92 Å². The quantitative estimate of drug-likeness (QED) is 0.409. The first-order valence-corrected chi connectivity index (χ1v) is 8.72. The Morgan fingerprint density at radius 1 is 0.556 bits per heavy atom. The summed E-state index contributed by atoms with van der Waals surface area (Å²) in [7, 11) is 0. The van der Waals surface area contributed by atoms with Crippen LogP contribution in [0.25, 0.3) is 0 Å². The highest BCUT2D eigenvalue weighted by molar-refractivity contribution is 4.51. The SMILES string of the molecule is CC.CC.CCCC.CCCCCC(C)CCC. The second-order valence-corrected chi connectivity index (χ2v) is 4.39. The van der Waals surface area contributed by atoms with Gasteiger partial charge >= 0.3 is 0 Å². The van der Waals surface area contributed by atoms with Crippen molar-refractivity contribution >= 4 is 0 Å². The van der Waals surface area contributed by atoms with Crippen LogP contribution in [-0.2, 0) is 0 Å². The summed E-state index contributed by atoms with van der Waals surface area (Å²) in [5.74, 6) is 0.969. The number of rotatable bonds is 7. The fourth-order valence-corrected chi connectivity index (χ4v) is 1.38. The van der Waals surface area contributed by atoms with E-state index in [1.807, 2.05) is 27.7 Å². The first-order chi connectivity index (χ1) is 8.72. The van der Waals surface area contributed by atoms with E-state index in [2.05, 4.69) is 34.6 Å². The number of hydrogen-bond donors (Lipinski definition) is 0. The molecular formula is C18H44. The Morgan fingerprint density at radius 2 is 1.00 bits per heavy atom. The third-order valence-electron chi connectivity index (χ3n) is 2.58. The van der Waals surface area contributed by atoms with E-state index in [9.17, 15) is 0 Å². The molecule has 0 aliphatic heterocycles. The zero-order valence-electron chi connectivity index (χ0n) is 15.2. The minimum atomic E-state index is 0.969. The van der Waals surface area contributed by atoms with Crippen LogP contribution in [0.15, 0.2) is 0 Å². The van der Waals surface area contributed by atoms with Gasteiger partial charge in [-0.1, -0.05) is 114 Å². The van der Waals surface area contributed by atoms with Crippen molar-refractivity contribution in [3.8, 4) is 0 Å².